The van der Waals surface area contributed by atoms with Crippen molar-refractivity contribution in [2.75, 3.05) is 6.61 Å². The first-order chi connectivity index (χ1) is 12.4. The number of pyridine rings is 2. The van der Waals surface area contributed by atoms with E-state index in [-0.39, 0.29) is 16.9 Å². The molecule has 0 fully saturated rings. The lowest BCUT2D eigenvalue weighted by molar-refractivity contribution is -0.154. The number of halogens is 3. The van der Waals surface area contributed by atoms with Gasteiger partial charge in [-0.2, -0.15) is 18.4 Å². The number of nitriles is 1. The Hall–Kier alpha value is -3.34. The second kappa shape index (κ2) is 6.88. The van der Waals surface area contributed by atoms with E-state index in [0.29, 0.717) is 23.0 Å². The molecule has 3 aromatic rings. The van der Waals surface area contributed by atoms with Crippen molar-refractivity contribution in [2.45, 2.75) is 12.7 Å². The lowest BCUT2D eigenvalue weighted by Gasteiger charge is -2.12. The van der Waals surface area contributed by atoms with Gasteiger partial charge in [-0.1, -0.05) is 18.2 Å². The second-order valence-electron chi connectivity index (χ2n) is 5.54. The standard InChI is InChI=1S/C18H12F3N3O2/c19-18(20,21)11-26-16-6-5-12(8-23-16)9-24-10-13(7-22)17(25)14-3-1-2-4-15(14)24/h1-6,8,10H,9,11H2. The van der Waals surface area contributed by atoms with Gasteiger partial charge in [0, 0.05) is 30.4 Å². The molecule has 0 aliphatic rings. The number of hydrogen-bond acceptors (Lipinski definition) is 4. The monoisotopic (exact) mass is 359 g/mol. The Morgan fingerprint density at radius 1 is 1.19 bits per heavy atom. The molecule has 0 saturated carbocycles. The molecule has 0 aliphatic heterocycles. The number of aromatic nitrogens is 2. The zero-order valence-electron chi connectivity index (χ0n) is 13.3. The molecule has 0 saturated heterocycles. The van der Waals surface area contributed by atoms with Crippen molar-refractivity contribution in [1.82, 2.24) is 9.55 Å². The molecular weight excluding hydrogens is 347 g/mol. The van der Waals surface area contributed by atoms with Crippen LogP contribution in [0, 0.1) is 11.3 Å². The van der Waals surface area contributed by atoms with Crippen LogP contribution in [0.15, 0.2) is 53.6 Å². The molecule has 2 heterocycles. The summed E-state index contributed by atoms with van der Waals surface area (Å²) in [7, 11) is 0. The zero-order chi connectivity index (χ0) is 18.7. The van der Waals surface area contributed by atoms with Crippen LogP contribution in [0.2, 0.25) is 0 Å². The first-order valence-corrected chi connectivity index (χ1v) is 7.54. The molecule has 26 heavy (non-hydrogen) atoms. The Morgan fingerprint density at radius 3 is 2.62 bits per heavy atom. The molecule has 2 aromatic heterocycles. The van der Waals surface area contributed by atoms with E-state index < -0.39 is 12.8 Å². The minimum absolute atomic E-state index is 0.0155. The molecule has 0 N–H and O–H groups in total. The summed E-state index contributed by atoms with van der Waals surface area (Å²) in [4.78, 5) is 16.1. The fraction of sp³-hybridized carbons (Fsp3) is 0.167. The van der Waals surface area contributed by atoms with Crippen LogP contribution in [0.25, 0.3) is 10.9 Å². The number of nitrogens with zero attached hydrogens (tertiary/aromatic N) is 3. The molecule has 0 amide bonds. The van der Waals surface area contributed by atoms with Gasteiger partial charge in [-0.25, -0.2) is 4.98 Å². The predicted molar refractivity (Wildman–Crippen MR) is 87.8 cm³/mol. The molecule has 0 unspecified atom stereocenters. The Bertz CT molecular complexity index is 1030. The van der Waals surface area contributed by atoms with E-state index in [4.69, 9.17) is 5.26 Å². The summed E-state index contributed by atoms with van der Waals surface area (Å²) in [5.74, 6) is -0.131. The number of rotatable bonds is 4. The quantitative estimate of drug-likeness (QED) is 0.717. The van der Waals surface area contributed by atoms with Crippen molar-refractivity contribution in [1.29, 1.82) is 5.26 Å². The highest BCUT2D eigenvalue weighted by molar-refractivity contribution is 5.80. The minimum Gasteiger partial charge on any atom is -0.468 e. The summed E-state index contributed by atoms with van der Waals surface area (Å²) in [6.45, 7) is -1.11. The van der Waals surface area contributed by atoms with Crippen LogP contribution in [0.4, 0.5) is 13.2 Å². The van der Waals surface area contributed by atoms with Crippen molar-refractivity contribution < 1.29 is 17.9 Å². The summed E-state index contributed by atoms with van der Waals surface area (Å²) in [5, 5.41) is 9.57. The highest BCUT2D eigenvalue weighted by atomic mass is 19.4. The maximum Gasteiger partial charge on any atom is 0.422 e. The van der Waals surface area contributed by atoms with Gasteiger partial charge in [0.2, 0.25) is 11.3 Å². The van der Waals surface area contributed by atoms with Gasteiger partial charge in [0.1, 0.15) is 11.6 Å². The third-order valence-electron chi connectivity index (χ3n) is 3.64. The number of ether oxygens (including phenoxy) is 1. The van der Waals surface area contributed by atoms with E-state index in [1.54, 1.807) is 34.9 Å². The van der Waals surface area contributed by atoms with Gasteiger partial charge in [-0.3, -0.25) is 4.79 Å². The van der Waals surface area contributed by atoms with Crippen molar-refractivity contribution in [3.8, 4) is 11.9 Å². The summed E-state index contributed by atoms with van der Waals surface area (Å²) in [6.07, 6.45) is -1.58. The van der Waals surface area contributed by atoms with Crippen LogP contribution in [0.3, 0.4) is 0 Å². The van der Waals surface area contributed by atoms with Crippen molar-refractivity contribution in [3.05, 3.63) is 70.1 Å². The van der Waals surface area contributed by atoms with Crippen LogP contribution in [-0.4, -0.2) is 22.3 Å². The van der Waals surface area contributed by atoms with E-state index in [9.17, 15) is 18.0 Å². The molecule has 1 aromatic carbocycles. The van der Waals surface area contributed by atoms with Crippen LogP contribution in [0.5, 0.6) is 5.88 Å². The summed E-state index contributed by atoms with van der Waals surface area (Å²) >= 11 is 0. The molecule has 0 spiro atoms. The van der Waals surface area contributed by atoms with Crippen molar-refractivity contribution >= 4 is 10.9 Å². The van der Waals surface area contributed by atoms with Gasteiger partial charge < -0.3 is 9.30 Å². The number of hydrogen-bond donors (Lipinski definition) is 0. The van der Waals surface area contributed by atoms with Gasteiger partial charge >= 0.3 is 6.18 Å². The van der Waals surface area contributed by atoms with Gasteiger partial charge in [0.15, 0.2) is 6.61 Å². The Labute approximate surface area is 145 Å². The fourth-order valence-corrected chi connectivity index (χ4v) is 2.50. The molecule has 5 nitrogen and oxygen atoms in total. The molecule has 0 radical (unpaired) electrons. The second-order valence-corrected chi connectivity index (χ2v) is 5.54. The lowest BCUT2D eigenvalue weighted by Crippen LogP contribution is -2.19. The third-order valence-corrected chi connectivity index (χ3v) is 3.64. The van der Waals surface area contributed by atoms with E-state index in [2.05, 4.69) is 9.72 Å². The van der Waals surface area contributed by atoms with Crippen LogP contribution in [0.1, 0.15) is 11.1 Å². The highest BCUT2D eigenvalue weighted by Crippen LogP contribution is 2.18. The van der Waals surface area contributed by atoms with Gasteiger partial charge in [-0.05, 0) is 17.7 Å². The fourth-order valence-electron chi connectivity index (χ4n) is 2.50. The van der Waals surface area contributed by atoms with Gasteiger partial charge in [0.25, 0.3) is 0 Å². The minimum atomic E-state index is -4.43. The highest BCUT2D eigenvalue weighted by Gasteiger charge is 2.28. The molecule has 0 atom stereocenters. The van der Waals surface area contributed by atoms with E-state index >= 15 is 0 Å². The molecule has 8 heteroatoms. The Balaban J connectivity index is 1.89. The van der Waals surface area contributed by atoms with Crippen LogP contribution >= 0.6 is 0 Å². The van der Waals surface area contributed by atoms with Crippen LogP contribution < -0.4 is 10.2 Å². The molecular formula is C18H12F3N3O2. The number of benzene rings is 1. The van der Waals surface area contributed by atoms with E-state index in [0.717, 1.165) is 0 Å². The average Bonchev–Trinajstić information content (AvgIpc) is 2.63. The normalized spacial score (nSPS) is 11.3. The largest absolute Gasteiger partial charge is 0.468 e. The maximum absolute atomic E-state index is 12.2. The first-order valence-electron chi connectivity index (χ1n) is 7.54. The smallest absolute Gasteiger partial charge is 0.422 e. The summed E-state index contributed by atoms with van der Waals surface area (Å²) in [6, 6.07) is 11.7. The average molecular weight is 359 g/mol. The zero-order valence-corrected chi connectivity index (χ0v) is 13.3. The lowest BCUT2D eigenvalue weighted by atomic mass is 10.1. The topological polar surface area (TPSA) is 67.9 Å². The van der Waals surface area contributed by atoms with Crippen molar-refractivity contribution in [2.24, 2.45) is 0 Å². The van der Waals surface area contributed by atoms with Crippen molar-refractivity contribution in [3.63, 3.8) is 0 Å². The number of alkyl halides is 3. The molecule has 0 aliphatic carbocycles. The molecule has 132 valence electrons. The maximum atomic E-state index is 12.2. The number of para-hydroxylation sites is 1. The predicted octanol–water partition coefficient (Wildman–Crippen LogP) is 3.26. The third kappa shape index (κ3) is 3.83. The Morgan fingerprint density at radius 2 is 1.96 bits per heavy atom. The van der Waals surface area contributed by atoms with Gasteiger partial charge in [-0.15, -0.1) is 0 Å². The van der Waals surface area contributed by atoms with E-state index in [1.807, 2.05) is 6.07 Å². The number of fused-ring (bicyclic) bond motifs is 1. The Kier molecular flexibility index (Phi) is 4.63. The summed E-state index contributed by atoms with van der Waals surface area (Å²) in [5.41, 5.74) is 1.01. The first kappa shape index (κ1) is 17.5. The summed E-state index contributed by atoms with van der Waals surface area (Å²) < 4.78 is 42.8. The van der Waals surface area contributed by atoms with Crippen LogP contribution in [-0.2, 0) is 6.54 Å². The molecule has 0 bridgehead atoms. The SMILES string of the molecule is N#Cc1cn(Cc2ccc(OCC(F)(F)F)nc2)c2ccccc2c1=O. The van der Waals surface area contributed by atoms with Gasteiger partial charge in [0.05, 0.1) is 5.52 Å². The van der Waals surface area contributed by atoms with E-state index in [1.165, 1.54) is 18.5 Å². The molecule has 3 rings (SSSR count).